The summed E-state index contributed by atoms with van der Waals surface area (Å²) in [6, 6.07) is 72.7. The van der Waals surface area contributed by atoms with Gasteiger partial charge in [0.2, 0.25) is 0 Å². The van der Waals surface area contributed by atoms with Crippen molar-refractivity contribution >= 4 is 76.1 Å². The molecule has 0 unspecified atom stereocenters. The van der Waals surface area contributed by atoms with Crippen LogP contribution in [0.4, 0.5) is 0 Å². The van der Waals surface area contributed by atoms with Gasteiger partial charge in [0.25, 0.3) is 0 Å². The van der Waals surface area contributed by atoms with E-state index in [1.165, 1.54) is 32.3 Å². The van der Waals surface area contributed by atoms with E-state index in [9.17, 15) is 0 Å². The summed E-state index contributed by atoms with van der Waals surface area (Å²) in [5, 5.41) is 11.4. The van der Waals surface area contributed by atoms with E-state index in [1.807, 2.05) is 18.2 Å². The lowest BCUT2D eigenvalue weighted by Crippen LogP contribution is -2.02. The van der Waals surface area contributed by atoms with Gasteiger partial charge in [-0.2, -0.15) is 0 Å². The van der Waals surface area contributed by atoms with Gasteiger partial charge in [-0.3, -0.25) is 0 Å². The number of aromatic nitrogens is 4. The van der Waals surface area contributed by atoms with Crippen LogP contribution >= 0.6 is 0 Å². The van der Waals surface area contributed by atoms with E-state index in [1.54, 1.807) is 0 Å². The van der Waals surface area contributed by atoms with Crippen LogP contribution in [0.2, 0.25) is 0 Å². The van der Waals surface area contributed by atoms with Crippen molar-refractivity contribution in [3.63, 3.8) is 0 Å². The summed E-state index contributed by atoms with van der Waals surface area (Å²) in [4.78, 5) is 16.0. The number of hydrogen-bond donors (Lipinski definition) is 0. The van der Waals surface area contributed by atoms with E-state index in [0.717, 1.165) is 77.2 Å². The first-order valence-corrected chi connectivity index (χ1v) is 20.9. The lowest BCUT2D eigenvalue weighted by atomic mass is 10.0. The molecule has 0 aliphatic carbocycles. The molecule has 13 aromatic rings. The van der Waals surface area contributed by atoms with Crippen LogP contribution < -0.4 is 0 Å². The van der Waals surface area contributed by atoms with E-state index in [0.29, 0.717) is 17.5 Å². The Morgan fingerprint density at radius 2 is 0.919 bits per heavy atom. The van der Waals surface area contributed by atoms with Crippen LogP contribution in [0.5, 0.6) is 0 Å². The van der Waals surface area contributed by atoms with Gasteiger partial charge < -0.3 is 8.98 Å². The van der Waals surface area contributed by atoms with Gasteiger partial charge in [-0.1, -0.05) is 170 Å². The topological polar surface area (TPSA) is 56.7 Å². The average molecular weight is 791 g/mol. The van der Waals surface area contributed by atoms with E-state index in [2.05, 4.69) is 193 Å². The van der Waals surface area contributed by atoms with Crippen molar-refractivity contribution in [2.24, 2.45) is 0 Å². The van der Waals surface area contributed by atoms with Crippen molar-refractivity contribution in [3.8, 4) is 51.0 Å². The minimum atomic E-state index is 0.570. The SMILES string of the molecule is c1ccc(-c2ccc(-c3nc(-c4cccc5ccccc45)nc(-c4cc(-n5c6cc7ccccc7cc6c6c7ccccc7ccc65)cc5oc6ccccc6c45)n3)cc2)cc1. The summed E-state index contributed by atoms with van der Waals surface area (Å²) in [7, 11) is 0. The van der Waals surface area contributed by atoms with Gasteiger partial charge >= 0.3 is 0 Å². The number of fused-ring (bicyclic) bond motifs is 10. The fraction of sp³-hybridized carbons (Fsp3) is 0. The zero-order valence-corrected chi connectivity index (χ0v) is 33.3. The predicted octanol–water partition coefficient (Wildman–Crippen LogP) is 15.0. The summed E-state index contributed by atoms with van der Waals surface area (Å²) >= 11 is 0. The molecule has 0 aliphatic heterocycles. The second-order valence-corrected chi connectivity index (χ2v) is 16.0. The van der Waals surface area contributed by atoms with Crippen molar-refractivity contribution in [1.29, 1.82) is 0 Å². The molecule has 0 aliphatic rings. The molecule has 62 heavy (non-hydrogen) atoms. The Kier molecular flexibility index (Phi) is 7.54. The van der Waals surface area contributed by atoms with Gasteiger partial charge in [0.15, 0.2) is 17.5 Å². The molecule has 288 valence electrons. The van der Waals surface area contributed by atoms with Crippen LogP contribution in [0.1, 0.15) is 0 Å². The summed E-state index contributed by atoms with van der Waals surface area (Å²) in [6.45, 7) is 0. The van der Waals surface area contributed by atoms with Gasteiger partial charge in [0, 0.05) is 44.3 Å². The second-order valence-electron chi connectivity index (χ2n) is 16.0. The van der Waals surface area contributed by atoms with Crippen LogP contribution in [0.3, 0.4) is 0 Å². The molecule has 0 N–H and O–H groups in total. The molecule has 0 fully saturated rings. The Bertz CT molecular complexity index is 3910. The van der Waals surface area contributed by atoms with Crippen molar-refractivity contribution < 1.29 is 4.42 Å². The van der Waals surface area contributed by atoms with Crippen LogP contribution in [-0.4, -0.2) is 19.5 Å². The van der Waals surface area contributed by atoms with Gasteiger partial charge in [-0.05, 0) is 73.8 Å². The summed E-state index contributed by atoms with van der Waals surface area (Å²) < 4.78 is 9.16. The molecule has 5 heteroatoms. The highest BCUT2D eigenvalue weighted by molar-refractivity contribution is 6.23. The van der Waals surface area contributed by atoms with Crippen molar-refractivity contribution in [3.05, 3.63) is 206 Å². The third-order valence-corrected chi connectivity index (χ3v) is 12.4. The molecule has 0 saturated carbocycles. The monoisotopic (exact) mass is 790 g/mol. The Labute approximate surface area is 355 Å². The van der Waals surface area contributed by atoms with E-state index in [-0.39, 0.29) is 0 Å². The van der Waals surface area contributed by atoms with Gasteiger partial charge in [0.1, 0.15) is 11.2 Å². The standard InChI is InChI=1S/C57H34N4O/c1-2-13-35(14-3-1)36-25-27-39(28-26-36)55-58-56(45-23-12-19-37-15-6-8-20-43(37)45)60-57(59-55)48-33-42(34-52-54(48)46-22-10-11-24-51(46)62-52)61-49-30-29-38-16-7-9-21-44(38)53(49)47-31-40-17-4-5-18-41(40)32-50(47)61/h1-34H. The molecule has 0 atom stereocenters. The van der Waals surface area contributed by atoms with Gasteiger partial charge in [-0.25, -0.2) is 15.0 Å². The Morgan fingerprint density at radius 1 is 0.323 bits per heavy atom. The lowest BCUT2D eigenvalue weighted by Gasteiger charge is -2.14. The minimum Gasteiger partial charge on any atom is -0.456 e. The Hall–Kier alpha value is -8.41. The summed E-state index contributed by atoms with van der Waals surface area (Å²) in [6.07, 6.45) is 0. The predicted molar refractivity (Wildman–Crippen MR) is 256 cm³/mol. The first kappa shape index (κ1) is 34.5. The van der Waals surface area contributed by atoms with Gasteiger partial charge in [0.05, 0.1) is 16.7 Å². The molecule has 13 rings (SSSR count). The molecule has 3 heterocycles. The molecule has 3 aromatic heterocycles. The molecule has 5 nitrogen and oxygen atoms in total. The van der Waals surface area contributed by atoms with E-state index in [4.69, 9.17) is 19.4 Å². The Morgan fingerprint density at radius 3 is 1.73 bits per heavy atom. The molecular weight excluding hydrogens is 757 g/mol. The number of furan rings is 1. The van der Waals surface area contributed by atoms with Crippen molar-refractivity contribution in [2.45, 2.75) is 0 Å². The molecule has 0 amide bonds. The van der Waals surface area contributed by atoms with E-state index >= 15 is 0 Å². The highest BCUT2D eigenvalue weighted by atomic mass is 16.3. The third-order valence-electron chi connectivity index (χ3n) is 12.4. The number of para-hydroxylation sites is 1. The molecule has 0 spiro atoms. The molecule has 10 aromatic carbocycles. The third kappa shape index (κ3) is 5.38. The highest BCUT2D eigenvalue weighted by Gasteiger charge is 2.23. The van der Waals surface area contributed by atoms with Crippen LogP contribution in [0.15, 0.2) is 211 Å². The fourth-order valence-corrected chi connectivity index (χ4v) is 9.50. The quantitative estimate of drug-likeness (QED) is 0.174. The molecule has 0 bridgehead atoms. The fourth-order valence-electron chi connectivity index (χ4n) is 9.50. The summed E-state index contributed by atoms with van der Waals surface area (Å²) in [5.41, 5.74) is 9.75. The Balaban J connectivity index is 1.12. The minimum absolute atomic E-state index is 0.570. The van der Waals surface area contributed by atoms with E-state index < -0.39 is 0 Å². The van der Waals surface area contributed by atoms with Crippen LogP contribution in [0.25, 0.3) is 127 Å². The normalized spacial score (nSPS) is 11.9. The van der Waals surface area contributed by atoms with Crippen molar-refractivity contribution in [2.75, 3.05) is 0 Å². The maximum absolute atomic E-state index is 6.78. The van der Waals surface area contributed by atoms with Crippen LogP contribution in [0, 0.1) is 0 Å². The molecular formula is C57H34N4O. The van der Waals surface area contributed by atoms with Gasteiger partial charge in [-0.15, -0.1) is 0 Å². The average Bonchev–Trinajstić information content (AvgIpc) is 3.88. The van der Waals surface area contributed by atoms with Crippen LogP contribution in [-0.2, 0) is 0 Å². The zero-order valence-electron chi connectivity index (χ0n) is 33.3. The first-order valence-electron chi connectivity index (χ1n) is 20.9. The number of rotatable bonds is 5. The molecule has 0 radical (unpaired) electrons. The van der Waals surface area contributed by atoms with Crippen molar-refractivity contribution in [1.82, 2.24) is 19.5 Å². The number of benzene rings is 10. The number of hydrogen-bond acceptors (Lipinski definition) is 4. The second kappa shape index (κ2) is 13.6. The first-order chi connectivity index (χ1) is 30.7. The maximum Gasteiger partial charge on any atom is 0.164 e. The lowest BCUT2D eigenvalue weighted by molar-refractivity contribution is 0.668. The summed E-state index contributed by atoms with van der Waals surface area (Å²) in [5.74, 6) is 1.77. The smallest absolute Gasteiger partial charge is 0.164 e. The maximum atomic E-state index is 6.78. The number of nitrogens with zero attached hydrogens (tertiary/aromatic N) is 4. The largest absolute Gasteiger partial charge is 0.456 e. The highest BCUT2D eigenvalue weighted by Crippen LogP contribution is 2.43. The molecule has 0 saturated heterocycles. The zero-order chi connectivity index (χ0) is 40.7.